The molecule has 1 saturated heterocycles. The number of likely N-dealkylation sites (tertiary alicyclic amines) is 1. The summed E-state index contributed by atoms with van der Waals surface area (Å²) in [7, 11) is 1.58. The van der Waals surface area contributed by atoms with Gasteiger partial charge in [0.2, 0.25) is 11.8 Å². The maximum atomic E-state index is 13.0. The van der Waals surface area contributed by atoms with Crippen LogP contribution < -0.4 is 15.8 Å². The largest absolute Gasteiger partial charge is 0.495 e. The van der Waals surface area contributed by atoms with Crippen molar-refractivity contribution in [1.29, 1.82) is 0 Å². The lowest BCUT2D eigenvalue weighted by molar-refractivity contribution is -0.141. The molecule has 1 saturated carbocycles. The molecule has 1 heterocycles. The fourth-order valence-electron chi connectivity index (χ4n) is 4.13. The van der Waals surface area contributed by atoms with Gasteiger partial charge in [-0.3, -0.25) is 9.59 Å². The number of anilines is 1. The molecule has 150 valence electrons. The maximum absolute atomic E-state index is 13.0. The van der Waals surface area contributed by atoms with Gasteiger partial charge in [0, 0.05) is 18.5 Å². The van der Waals surface area contributed by atoms with E-state index in [-0.39, 0.29) is 36.2 Å². The van der Waals surface area contributed by atoms with Crippen LogP contribution in [-0.2, 0) is 9.59 Å². The number of amides is 2. The van der Waals surface area contributed by atoms with Gasteiger partial charge in [0.15, 0.2) is 0 Å². The lowest BCUT2D eigenvalue weighted by atomic mass is 9.85. The first-order valence-electron chi connectivity index (χ1n) is 9.51. The molecule has 7 heteroatoms. The van der Waals surface area contributed by atoms with Crippen LogP contribution in [0, 0.1) is 12.8 Å². The third kappa shape index (κ3) is 4.93. The molecule has 1 aromatic carbocycles. The molecular weight excluding hydrogens is 366 g/mol. The molecule has 3 atom stereocenters. The predicted molar refractivity (Wildman–Crippen MR) is 108 cm³/mol. The van der Waals surface area contributed by atoms with Crippen LogP contribution in [0.2, 0.25) is 0 Å². The number of hydrogen-bond donors (Lipinski definition) is 2. The minimum absolute atomic E-state index is 0. The lowest BCUT2D eigenvalue weighted by Gasteiger charge is -2.32. The Balaban J connectivity index is 0.00000261. The normalized spacial score (nSPS) is 24.9. The molecule has 0 bridgehead atoms. The number of aryl methyl sites for hydroxylation is 1. The Morgan fingerprint density at radius 2 is 2.00 bits per heavy atom. The zero-order valence-corrected chi connectivity index (χ0v) is 16.9. The van der Waals surface area contributed by atoms with Crippen LogP contribution >= 0.6 is 12.4 Å². The van der Waals surface area contributed by atoms with Crippen molar-refractivity contribution in [2.24, 2.45) is 11.7 Å². The van der Waals surface area contributed by atoms with Crippen LogP contribution in [0.1, 0.15) is 44.1 Å². The van der Waals surface area contributed by atoms with E-state index in [0.717, 1.165) is 37.7 Å². The molecule has 27 heavy (non-hydrogen) atoms. The second kappa shape index (κ2) is 9.42. The van der Waals surface area contributed by atoms with Gasteiger partial charge in [0.05, 0.1) is 12.8 Å². The molecule has 3 N–H and O–H groups in total. The van der Waals surface area contributed by atoms with Crippen molar-refractivity contribution >= 4 is 29.9 Å². The summed E-state index contributed by atoms with van der Waals surface area (Å²) in [5, 5.41) is 2.96. The minimum atomic E-state index is -0.411. The summed E-state index contributed by atoms with van der Waals surface area (Å²) in [6, 6.07) is 5.35. The monoisotopic (exact) mass is 395 g/mol. The number of carbonyl (C=O) groups is 2. The highest BCUT2D eigenvalue weighted by Gasteiger charge is 2.38. The van der Waals surface area contributed by atoms with E-state index in [2.05, 4.69) is 5.32 Å². The van der Waals surface area contributed by atoms with Crippen molar-refractivity contribution in [2.75, 3.05) is 19.0 Å². The lowest BCUT2D eigenvalue weighted by Crippen LogP contribution is -2.47. The number of benzene rings is 1. The molecule has 1 aromatic rings. The number of carbonyl (C=O) groups excluding carboxylic acids is 2. The Bertz CT molecular complexity index is 682. The van der Waals surface area contributed by atoms with Crippen molar-refractivity contribution in [3.05, 3.63) is 23.8 Å². The number of methoxy groups -OCH3 is 1. The first-order valence-corrected chi connectivity index (χ1v) is 9.51. The van der Waals surface area contributed by atoms with Crippen LogP contribution in [0.15, 0.2) is 18.2 Å². The highest BCUT2D eigenvalue weighted by Crippen LogP contribution is 2.30. The number of nitrogens with one attached hydrogen (secondary N) is 1. The highest BCUT2D eigenvalue weighted by molar-refractivity contribution is 5.98. The molecule has 3 rings (SSSR count). The number of rotatable bonds is 4. The van der Waals surface area contributed by atoms with Crippen molar-refractivity contribution in [3.8, 4) is 5.75 Å². The van der Waals surface area contributed by atoms with E-state index in [1.807, 2.05) is 25.1 Å². The van der Waals surface area contributed by atoms with Gasteiger partial charge in [-0.2, -0.15) is 0 Å². The van der Waals surface area contributed by atoms with Crippen LogP contribution in [-0.4, -0.2) is 42.5 Å². The van der Waals surface area contributed by atoms with Crippen molar-refractivity contribution in [3.63, 3.8) is 0 Å². The van der Waals surface area contributed by atoms with Gasteiger partial charge >= 0.3 is 0 Å². The Morgan fingerprint density at radius 3 is 2.70 bits per heavy atom. The molecule has 3 unspecified atom stereocenters. The summed E-state index contributed by atoms with van der Waals surface area (Å²) < 4.78 is 5.34. The van der Waals surface area contributed by atoms with Gasteiger partial charge < -0.3 is 20.7 Å². The fourth-order valence-corrected chi connectivity index (χ4v) is 4.13. The second-order valence-corrected chi connectivity index (χ2v) is 7.51. The Hall–Kier alpha value is -1.79. The average Bonchev–Trinajstić information content (AvgIpc) is 3.11. The van der Waals surface area contributed by atoms with E-state index < -0.39 is 6.04 Å². The number of halogens is 1. The van der Waals surface area contributed by atoms with E-state index in [4.69, 9.17) is 10.5 Å². The van der Waals surface area contributed by atoms with E-state index in [1.165, 1.54) is 0 Å². The Kier molecular flexibility index (Phi) is 7.50. The number of nitrogens with two attached hydrogens (primary N) is 1. The van der Waals surface area contributed by atoms with E-state index in [0.29, 0.717) is 24.4 Å². The molecule has 0 radical (unpaired) electrons. The van der Waals surface area contributed by atoms with Gasteiger partial charge in [-0.15, -0.1) is 12.4 Å². The number of nitrogens with zero attached hydrogens (tertiary/aromatic N) is 1. The first-order chi connectivity index (χ1) is 12.5. The second-order valence-electron chi connectivity index (χ2n) is 7.51. The maximum Gasteiger partial charge on any atom is 0.247 e. The van der Waals surface area contributed by atoms with Crippen molar-refractivity contribution in [1.82, 2.24) is 4.90 Å². The summed E-state index contributed by atoms with van der Waals surface area (Å²) >= 11 is 0. The molecule has 0 aromatic heterocycles. The fraction of sp³-hybridized carbons (Fsp3) is 0.600. The standard InChI is InChI=1S/C20H29N3O3.ClH/c1-13-8-9-18(26-2)16(11-13)22-19(24)17-7-4-10-23(17)20(25)14-5-3-6-15(21)12-14;/h8-9,11,14-15,17H,3-7,10,12,21H2,1-2H3,(H,22,24);1H. The molecule has 0 spiro atoms. The van der Waals surface area contributed by atoms with Crippen LogP contribution in [0.3, 0.4) is 0 Å². The van der Waals surface area contributed by atoms with Gasteiger partial charge in [0.1, 0.15) is 11.8 Å². The molecular formula is C20H30ClN3O3. The van der Waals surface area contributed by atoms with E-state index in [1.54, 1.807) is 12.0 Å². The third-order valence-electron chi connectivity index (χ3n) is 5.52. The van der Waals surface area contributed by atoms with Gasteiger partial charge in [-0.1, -0.05) is 12.5 Å². The van der Waals surface area contributed by atoms with Crippen LogP contribution in [0.5, 0.6) is 5.75 Å². The summed E-state index contributed by atoms with van der Waals surface area (Å²) in [6.45, 7) is 2.61. The smallest absolute Gasteiger partial charge is 0.247 e. The molecule has 1 aliphatic carbocycles. The summed E-state index contributed by atoms with van der Waals surface area (Å²) in [4.78, 5) is 27.6. The quantitative estimate of drug-likeness (QED) is 0.820. The zero-order valence-electron chi connectivity index (χ0n) is 16.1. The Morgan fingerprint density at radius 1 is 1.22 bits per heavy atom. The summed E-state index contributed by atoms with van der Waals surface area (Å²) in [6.07, 6.45) is 5.14. The summed E-state index contributed by atoms with van der Waals surface area (Å²) in [5.74, 6) is 0.535. The average molecular weight is 396 g/mol. The van der Waals surface area contributed by atoms with Gasteiger partial charge in [-0.25, -0.2) is 0 Å². The molecule has 1 aliphatic heterocycles. The Labute approximate surface area is 167 Å². The zero-order chi connectivity index (χ0) is 18.7. The minimum Gasteiger partial charge on any atom is -0.495 e. The van der Waals surface area contributed by atoms with Crippen molar-refractivity contribution < 1.29 is 14.3 Å². The predicted octanol–water partition coefficient (Wildman–Crippen LogP) is 2.87. The van der Waals surface area contributed by atoms with Gasteiger partial charge in [0.25, 0.3) is 0 Å². The number of hydrogen-bond acceptors (Lipinski definition) is 4. The topological polar surface area (TPSA) is 84.7 Å². The molecule has 6 nitrogen and oxygen atoms in total. The third-order valence-corrected chi connectivity index (χ3v) is 5.52. The van der Waals surface area contributed by atoms with Crippen LogP contribution in [0.4, 0.5) is 5.69 Å². The SMILES string of the molecule is COc1ccc(C)cc1NC(=O)C1CCCN1C(=O)C1CCCC(N)C1.Cl. The van der Waals surface area contributed by atoms with E-state index >= 15 is 0 Å². The first kappa shape index (κ1) is 21.5. The molecule has 2 amide bonds. The summed E-state index contributed by atoms with van der Waals surface area (Å²) in [5.41, 5.74) is 7.73. The molecule has 2 aliphatic rings. The van der Waals surface area contributed by atoms with Gasteiger partial charge in [-0.05, 0) is 56.7 Å². The number of ether oxygens (including phenoxy) is 1. The van der Waals surface area contributed by atoms with E-state index in [9.17, 15) is 9.59 Å². The molecule has 2 fully saturated rings. The van der Waals surface area contributed by atoms with Crippen LogP contribution in [0.25, 0.3) is 0 Å². The highest BCUT2D eigenvalue weighted by atomic mass is 35.5. The van der Waals surface area contributed by atoms with Crippen molar-refractivity contribution in [2.45, 2.75) is 57.5 Å².